The summed E-state index contributed by atoms with van der Waals surface area (Å²) in [4.78, 5) is 16.8. The zero-order valence-electron chi connectivity index (χ0n) is 10.4. The number of nitro benzene ring substituents is 1. The molecular weight excluding hydrogens is 272 g/mol. The predicted molar refractivity (Wildman–Crippen MR) is 79.0 cm³/mol. The van der Waals surface area contributed by atoms with Gasteiger partial charge in [-0.15, -0.1) is 0 Å². The molecule has 0 aliphatic carbocycles. The number of aromatic nitrogens is 1. The summed E-state index contributed by atoms with van der Waals surface area (Å²) >= 11 is 1.59. The molecule has 2 aromatic carbocycles. The van der Waals surface area contributed by atoms with Crippen LogP contribution in [-0.4, -0.2) is 9.91 Å². The van der Waals surface area contributed by atoms with Crippen molar-refractivity contribution in [2.75, 3.05) is 0 Å². The molecule has 0 aliphatic rings. The number of pyridine rings is 1. The van der Waals surface area contributed by atoms with Crippen molar-refractivity contribution in [3.8, 4) is 0 Å². The zero-order valence-corrected chi connectivity index (χ0v) is 11.2. The lowest BCUT2D eigenvalue weighted by Crippen LogP contribution is -1.91. The van der Waals surface area contributed by atoms with E-state index in [9.17, 15) is 10.1 Å². The molecule has 0 saturated heterocycles. The predicted octanol–water partition coefficient (Wildman–Crippen LogP) is 4.29. The van der Waals surface area contributed by atoms with Crippen LogP contribution in [0.3, 0.4) is 0 Å². The summed E-state index contributed by atoms with van der Waals surface area (Å²) in [7, 11) is 0. The average molecular weight is 282 g/mol. The van der Waals surface area contributed by atoms with Gasteiger partial charge in [0.15, 0.2) is 0 Å². The molecule has 0 fully saturated rings. The van der Waals surface area contributed by atoms with Gasteiger partial charge in [0.25, 0.3) is 5.69 Å². The summed E-state index contributed by atoms with van der Waals surface area (Å²) in [6, 6.07) is 15.1. The van der Waals surface area contributed by atoms with Crippen molar-refractivity contribution < 1.29 is 4.92 Å². The SMILES string of the molecule is O=[N+]([O-])c1ccc(Sc2ccccc2)c2ccncc12. The molecule has 20 heavy (non-hydrogen) atoms. The molecule has 0 saturated carbocycles. The number of hydrogen-bond donors (Lipinski definition) is 0. The van der Waals surface area contributed by atoms with Gasteiger partial charge < -0.3 is 0 Å². The van der Waals surface area contributed by atoms with E-state index in [0.717, 1.165) is 15.2 Å². The number of rotatable bonds is 3. The lowest BCUT2D eigenvalue weighted by atomic mass is 10.1. The first-order chi connectivity index (χ1) is 9.75. The molecule has 3 aromatic rings. The van der Waals surface area contributed by atoms with Crippen molar-refractivity contribution in [3.05, 3.63) is 71.0 Å². The first kappa shape index (κ1) is 12.6. The summed E-state index contributed by atoms with van der Waals surface area (Å²) in [5.41, 5.74) is 0.0884. The molecule has 0 N–H and O–H groups in total. The molecule has 0 unspecified atom stereocenters. The summed E-state index contributed by atoms with van der Waals surface area (Å²) in [6.45, 7) is 0. The van der Waals surface area contributed by atoms with Crippen LogP contribution in [0, 0.1) is 10.1 Å². The third kappa shape index (κ3) is 2.35. The standard InChI is InChI=1S/C15H10N2O2S/c18-17(19)14-6-7-15(12-8-9-16-10-13(12)14)20-11-4-2-1-3-5-11/h1-10H. The van der Waals surface area contributed by atoms with Crippen LogP contribution in [-0.2, 0) is 0 Å². The second-order valence-electron chi connectivity index (χ2n) is 4.18. The van der Waals surface area contributed by atoms with Crippen molar-refractivity contribution in [1.82, 2.24) is 4.98 Å². The molecule has 1 heterocycles. The van der Waals surface area contributed by atoms with Crippen molar-refractivity contribution in [2.45, 2.75) is 9.79 Å². The Labute approximate surface area is 119 Å². The third-order valence-corrected chi connectivity index (χ3v) is 4.01. The molecule has 98 valence electrons. The van der Waals surface area contributed by atoms with E-state index in [4.69, 9.17) is 0 Å². The highest BCUT2D eigenvalue weighted by Gasteiger charge is 2.14. The highest BCUT2D eigenvalue weighted by Crippen LogP contribution is 2.36. The number of non-ortho nitro benzene ring substituents is 1. The Morgan fingerprint density at radius 1 is 1.00 bits per heavy atom. The Hall–Kier alpha value is -2.40. The number of nitro groups is 1. The van der Waals surface area contributed by atoms with Crippen LogP contribution in [0.15, 0.2) is 70.7 Å². The van der Waals surface area contributed by atoms with E-state index in [1.165, 1.54) is 6.07 Å². The van der Waals surface area contributed by atoms with Crippen molar-refractivity contribution in [1.29, 1.82) is 0 Å². The molecule has 0 radical (unpaired) electrons. The largest absolute Gasteiger partial charge is 0.278 e. The van der Waals surface area contributed by atoms with Gasteiger partial charge in [0.05, 0.1) is 10.3 Å². The quantitative estimate of drug-likeness (QED) is 0.531. The average Bonchev–Trinajstić information content (AvgIpc) is 2.48. The first-order valence-corrected chi connectivity index (χ1v) is 6.81. The molecule has 0 aliphatic heterocycles. The minimum atomic E-state index is -0.374. The van der Waals surface area contributed by atoms with E-state index < -0.39 is 0 Å². The van der Waals surface area contributed by atoms with E-state index in [0.29, 0.717) is 5.39 Å². The van der Waals surface area contributed by atoms with Gasteiger partial charge in [0.2, 0.25) is 0 Å². The summed E-state index contributed by atoms with van der Waals surface area (Å²) in [6.07, 6.45) is 3.20. The lowest BCUT2D eigenvalue weighted by Gasteiger charge is -2.06. The Morgan fingerprint density at radius 3 is 2.55 bits per heavy atom. The molecule has 0 amide bonds. The molecule has 5 heteroatoms. The number of hydrogen-bond acceptors (Lipinski definition) is 4. The van der Waals surface area contributed by atoms with E-state index in [2.05, 4.69) is 4.98 Å². The van der Waals surface area contributed by atoms with Crippen molar-refractivity contribution in [3.63, 3.8) is 0 Å². The van der Waals surface area contributed by atoms with Gasteiger partial charge in [-0.3, -0.25) is 15.1 Å². The first-order valence-electron chi connectivity index (χ1n) is 6.00. The van der Waals surface area contributed by atoms with Crippen LogP contribution in [0.4, 0.5) is 5.69 Å². The highest BCUT2D eigenvalue weighted by molar-refractivity contribution is 7.99. The maximum Gasteiger partial charge on any atom is 0.278 e. The Morgan fingerprint density at radius 2 is 1.80 bits per heavy atom. The number of fused-ring (bicyclic) bond motifs is 1. The number of benzene rings is 2. The second-order valence-corrected chi connectivity index (χ2v) is 5.29. The molecule has 3 rings (SSSR count). The molecule has 0 bridgehead atoms. The zero-order chi connectivity index (χ0) is 13.9. The molecule has 1 aromatic heterocycles. The van der Waals surface area contributed by atoms with Gasteiger partial charge in [-0.05, 0) is 24.3 Å². The van der Waals surface area contributed by atoms with Crippen LogP contribution < -0.4 is 0 Å². The van der Waals surface area contributed by atoms with Gasteiger partial charge in [-0.2, -0.15) is 0 Å². The smallest absolute Gasteiger partial charge is 0.264 e. The maximum absolute atomic E-state index is 11.1. The minimum Gasteiger partial charge on any atom is -0.264 e. The van der Waals surface area contributed by atoms with Crippen molar-refractivity contribution >= 4 is 28.2 Å². The monoisotopic (exact) mass is 282 g/mol. The molecule has 0 spiro atoms. The van der Waals surface area contributed by atoms with Gasteiger partial charge in [-0.1, -0.05) is 30.0 Å². The summed E-state index contributed by atoms with van der Waals surface area (Å²) < 4.78 is 0. The molecule has 4 nitrogen and oxygen atoms in total. The Balaban J connectivity index is 2.13. The molecular formula is C15H10N2O2S. The van der Waals surface area contributed by atoms with Gasteiger partial charge in [0, 0.05) is 33.6 Å². The van der Waals surface area contributed by atoms with Gasteiger partial charge in [0.1, 0.15) is 0 Å². The maximum atomic E-state index is 11.1. The summed E-state index contributed by atoms with van der Waals surface area (Å²) in [5.74, 6) is 0. The summed E-state index contributed by atoms with van der Waals surface area (Å²) in [5, 5.41) is 12.5. The Bertz CT molecular complexity index is 775. The van der Waals surface area contributed by atoms with E-state index in [1.54, 1.807) is 30.2 Å². The van der Waals surface area contributed by atoms with E-state index in [-0.39, 0.29) is 10.6 Å². The Kier molecular flexibility index (Phi) is 3.35. The fraction of sp³-hybridized carbons (Fsp3) is 0. The van der Waals surface area contributed by atoms with Crippen LogP contribution >= 0.6 is 11.8 Å². The van der Waals surface area contributed by atoms with Crippen LogP contribution in [0.5, 0.6) is 0 Å². The van der Waals surface area contributed by atoms with Gasteiger partial charge >= 0.3 is 0 Å². The van der Waals surface area contributed by atoms with Crippen LogP contribution in [0.2, 0.25) is 0 Å². The van der Waals surface area contributed by atoms with E-state index in [1.807, 2.05) is 36.4 Å². The lowest BCUT2D eigenvalue weighted by molar-refractivity contribution is -0.383. The van der Waals surface area contributed by atoms with E-state index >= 15 is 0 Å². The molecule has 0 atom stereocenters. The normalized spacial score (nSPS) is 10.6. The van der Waals surface area contributed by atoms with Crippen molar-refractivity contribution in [2.24, 2.45) is 0 Å². The minimum absolute atomic E-state index is 0.0884. The third-order valence-electron chi connectivity index (χ3n) is 2.92. The van der Waals surface area contributed by atoms with Crippen LogP contribution in [0.25, 0.3) is 10.8 Å². The highest BCUT2D eigenvalue weighted by atomic mass is 32.2. The second kappa shape index (κ2) is 5.30. The van der Waals surface area contributed by atoms with Crippen LogP contribution in [0.1, 0.15) is 0 Å². The topological polar surface area (TPSA) is 56.0 Å². The van der Waals surface area contributed by atoms with Gasteiger partial charge in [-0.25, -0.2) is 0 Å². The fourth-order valence-corrected chi connectivity index (χ4v) is 2.98. The number of nitrogens with zero attached hydrogens (tertiary/aromatic N) is 2. The fourth-order valence-electron chi connectivity index (χ4n) is 2.01.